The van der Waals surface area contributed by atoms with Crippen LogP contribution in [0.15, 0.2) is 30.9 Å². The Morgan fingerprint density at radius 3 is 2.95 bits per heavy atom. The molecule has 1 aromatic carbocycles. The van der Waals surface area contributed by atoms with Gasteiger partial charge in [0.25, 0.3) is 0 Å². The third kappa shape index (κ3) is 1.40. The Hall–Kier alpha value is -2.96. The highest BCUT2D eigenvalue weighted by molar-refractivity contribution is 5.85. The van der Waals surface area contributed by atoms with Crippen LogP contribution in [0.4, 0.5) is 5.69 Å². The van der Waals surface area contributed by atoms with E-state index in [4.69, 9.17) is 5.73 Å². The van der Waals surface area contributed by atoms with Gasteiger partial charge in [0.2, 0.25) is 0 Å². The van der Waals surface area contributed by atoms with Crippen LogP contribution in [0.25, 0.3) is 28.2 Å². The lowest BCUT2D eigenvalue weighted by Crippen LogP contribution is -1.94. The van der Waals surface area contributed by atoms with Gasteiger partial charge in [-0.1, -0.05) is 12.1 Å². The lowest BCUT2D eigenvalue weighted by Gasteiger charge is -2.03. The standard InChI is InChI=1S/C13H11N7/c1-7-2-3-8(4-9(7)14)12-18-19-13-10-11(16-5-15-10)17-6-20(12)13/h2-6H,14H2,1H3,(H,15,16). The molecular formula is C13H11N7. The molecule has 3 aromatic heterocycles. The van der Waals surface area contributed by atoms with Crippen molar-refractivity contribution in [3.05, 3.63) is 36.4 Å². The number of nitrogens with two attached hydrogens (primary N) is 1. The van der Waals surface area contributed by atoms with Crippen molar-refractivity contribution in [3.63, 3.8) is 0 Å². The van der Waals surface area contributed by atoms with Crippen LogP contribution >= 0.6 is 0 Å². The number of nitrogens with zero attached hydrogens (tertiary/aromatic N) is 5. The van der Waals surface area contributed by atoms with Gasteiger partial charge >= 0.3 is 0 Å². The minimum absolute atomic E-state index is 0.625. The fraction of sp³-hybridized carbons (Fsp3) is 0.0769. The number of nitrogens with one attached hydrogen (secondary N) is 1. The van der Waals surface area contributed by atoms with Crippen molar-refractivity contribution in [2.75, 3.05) is 5.73 Å². The monoisotopic (exact) mass is 265 g/mol. The lowest BCUT2D eigenvalue weighted by molar-refractivity contribution is 1.09. The Balaban J connectivity index is 2.02. The van der Waals surface area contributed by atoms with Crippen LogP contribution in [0.3, 0.4) is 0 Å². The predicted octanol–water partition coefficient (Wildman–Crippen LogP) is 1.56. The zero-order valence-corrected chi connectivity index (χ0v) is 10.7. The normalized spacial score (nSPS) is 11.4. The van der Waals surface area contributed by atoms with E-state index in [1.54, 1.807) is 12.7 Å². The number of aromatic nitrogens is 6. The Morgan fingerprint density at radius 2 is 2.10 bits per heavy atom. The molecule has 0 saturated heterocycles. The summed E-state index contributed by atoms with van der Waals surface area (Å²) in [6.45, 7) is 1.97. The molecule has 0 atom stereocenters. The summed E-state index contributed by atoms with van der Waals surface area (Å²) in [5.74, 6) is 0.704. The molecule has 0 radical (unpaired) electrons. The molecule has 20 heavy (non-hydrogen) atoms. The molecule has 0 unspecified atom stereocenters. The molecule has 0 saturated carbocycles. The number of anilines is 1. The molecule has 7 heteroatoms. The molecule has 0 aliphatic carbocycles. The fourth-order valence-corrected chi connectivity index (χ4v) is 2.21. The summed E-state index contributed by atoms with van der Waals surface area (Å²) in [6.07, 6.45) is 3.26. The number of hydrogen-bond donors (Lipinski definition) is 2. The van der Waals surface area contributed by atoms with Crippen LogP contribution in [0.5, 0.6) is 0 Å². The first-order valence-corrected chi connectivity index (χ1v) is 6.13. The smallest absolute Gasteiger partial charge is 0.190 e. The Labute approximate surface area is 113 Å². The molecule has 3 N–H and O–H groups in total. The van der Waals surface area contributed by atoms with Gasteiger partial charge in [-0.2, -0.15) is 0 Å². The maximum Gasteiger partial charge on any atom is 0.190 e. The van der Waals surface area contributed by atoms with Crippen molar-refractivity contribution >= 4 is 22.5 Å². The lowest BCUT2D eigenvalue weighted by atomic mass is 10.1. The van der Waals surface area contributed by atoms with E-state index in [0.29, 0.717) is 17.1 Å². The Morgan fingerprint density at radius 1 is 1.20 bits per heavy atom. The molecule has 4 rings (SSSR count). The van der Waals surface area contributed by atoms with E-state index in [1.807, 2.05) is 29.5 Å². The van der Waals surface area contributed by atoms with Crippen molar-refractivity contribution in [1.82, 2.24) is 29.5 Å². The number of aromatic amines is 1. The average molecular weight is 265 g/mol. The first-order valence-electron chi connectivity index (χ1n) is 6.13. The van der Waals surface area contributed by atoms with Crippen molar-refractivity contribution in [1.29, 1.82) is 0 Å². The average Bonchev–Trinajstić information content (AvgIpc) is 3.06. The fourth-order valence-electron chi connectivity index (χ4n) is 2.21. The summed E-state index contributed by atoms with van der Waals surface area (Å²) < 4.78 is 1.82. The summed E-state index contributed by atoms with van der Waals surface area (Å²) in [4.78, 5) is 11.4. The zero-order valence-electron chi connectivity index (χ0n) is 10.7. The summed E-state index contributed by atoms with van der Waals surface area (Å²) in [5, 5.41) is 8.44. The maximum absolute atomic E-state index is 5.96. The largest absolute Gasteiger partial charge is 0.398 e. The highest BCUT2D eigenvalue weighted by Crippen LogP contribution is 2.24. The van der Waals surface area contributed by atoms with E-state index in [9.17, 15) is 0 Å². The van der Waals surface area contributed by atoms with Crippen LogP contribution in [0.1, 0.15) is 5.56 Å². The quantitative estimate of drug-likeness (QED) is 0.509. The number of aryl methyl sites for hydroxylation is 1. The van der Waals surface area contributed by atoms with E-state index in [-0.39, 0.29) is 0 Å². The van der Waals surface area contributed by atoms with Gasteiger partial charge in [-0.3, -0.25) is 4.40 Å². The molecule has 0 bridgehead atoms. The molecule has 7 nitrogen and oxygen atoms in total. The SMILES string of the molecule is Cc1ccc(-c2nnc3c4[nH]cnc4ncn23)cc1N. The highest BCUT2D eigenvalue weighted by Gasteiger charge is 2.13. The van der Waals surface area contributed by atoms with Crippen LogP contribution in [0, 0.1) is 6.92 Å². The molecule has 3 heterocycles. The summed E-state index contributed by atoms with van der Waals surface area (Å²) in [7, 11) is 0. The minimum Gasteiger partial charge on any atom is -0.398 e. The Bertz CT molecular complexity index is 934. The van der Waals surface area contributed by atoms with Gasteiger partial charge in [-0.05, 0) is 18.6 Å². The van der Waals surface area contributed by atoms with E-state index < -0.39 is 0 Å². The third-order valence-corrected chi connectivity index (χ3v) is 3.37. The third-order valence-electron chi connectivity index (χ3n) is 3.37. The van der Waals surface area contributed by atoms with E-state index in [1.165, 1.54) is 0 Å². The molecule has 0 spiro atoms. The maximum atomic E-state index is 5.96. The minimum atomic E-state index is 0.625. The number of rotatable bonds is 1. The predicted molar refractivity (Wildman–Crippen MR) is 75.0 cm³/mol. The molecule has 0 aliphatic rings. The van der Waals surface area contributed by atoms with Crippen molar-refractivity contribution < 1.29 is 0 Å². The van der Waals surface area contributed by atoms with Crippen LogP contribution < -0.4 is 5.73 Å². The number of H-pyrrole nitrogens is 1. The van der Waals surface area contributed by atoms with Gasteiger partial charge in [-0.15, -0.1) is 10.2 Å². The summed E-state index contributed by atoms with van der Waals surface area (Å²) >= 11 is 0. The molecule has 0 fully saturated rings. The van der Waals surface area contributed by atoms with Crippen LogP contribution in [-0.2, 0) is 0 Å². The van der Waals surface area contributed by atoms with Gasteiger partial charge in [0, 0.05) is 11.3 Å². The molecule has 4 aromatic rings. The first kappa shape index (κ1) is 10.9. The van der Waals surface area contributed by atoms with Gasteiger partial charge < -0.3 is 10.7 Å². The highest BCUT2D eigenvalue weighted by atomic mass is 15.3. The van der Waals surface area contributed by atoms with Gasteiger partial charge in [0.05, 0.1) is 6.33 Å². The molecule has 0 aliphatic heterocycles. The van der Waals surface area contributed by atoms with Gasteiger partial charge in [-0.25, -0.2) is 9.97 Å². The molecular weight excluding hydrogens is 254 g/mol. The topological polar surface area (TPSA) is 97.8 Å². The Kier molecular flexibility index (Phi) is 2.06. The number of imidazole rings is 1. The molecule has 98 valence electrons. The van der Waals surface area contributed by atoms with Crippen LogP contribution in [-0.4, -0.2) is 29.5 Å². The van der Waals surface area contributed by atoms with E-state index in [2.05, 4.69) is 25.1 Å². The second kappa shape index (κ2) is 3.77. The first-order chi connectivity index (χ1) is 9.74. The van der Waals surface area contributed by atoms with E-state index >= 15 is 0 Å². The number of nitrogen functional groups attached to an aromatic ring is 1. The van der Waals surface area contributed by atoms with Gasteiger partial charge in [0.15, 0.2) is 17.1 Å². The number of benzene rings is 1. The van der Waals surface area contributed by atoms with E-state index in [0.717, 1.165) is 22.3 Å². The number of fused-ring (bicyclic) bond motifs is 3. The second-order valence-corrected chi connectivity index (χ2v) is 4.63. The molecule has 0 amide bonds. The zero-order chi connectivity index (χ0) is 13.7. The second-order valence-electron chi connectivity index (χ2n) is 4.63. The van der Waals surface area contributed by atoms with Crippen molar-refractivity contribution in [2.24, 2.45) is 0 Å². The van der Waals surface area contributed by atoms with Gasteiger partial charge in [0.1, 0.15) is 11.8 Å². The van der Waals surface area contributed by atoms with Crippen LogP contribution in [0.2, 0.25) is 0 Å². The summed E-state index contributed by atoms with van der Waals surface area (Å²) in [5.41, 5.74) is 10.7. The van der Waals surface area contributed by atoms with Crippen molar-refractivity contribution in [3.8, 4) is 11.4 Å². The number of hydrogen-bond acceptors (Lipinski definition) is 5. The van der Waals surface area contributed by atoms with Crippen molar-refractivity contribution in [2.45, 2.75) is 6.92 Å². The summed E-state index contributed by atoms with van der Waals surface area (Å²) in [6, 6.07) is 5.83.